The summed E-state index contributed by atoms with van der Waals surface area (Å²) >= 11 is 0. The predicted octanol–water partition coefficient (Wildman–Crippen LogP) is 4.48. The number of benzene rings is 3. The van der Waals surface area contributed by atoms with E-state index in [1.54, 1.807) is 31.2 Å². The molecule has 0 fully saturated rings. The highest BCUT2D eigenvalue weighted by Crippen LogP contribution is 2.18. The van der Waals surface area contributed by atoms with Crippen LogP contribution in [0.3, 0.4) is 0 Å². The normalized spacial score (nSPS) is 11.4. The largest absolute Gasteiger partial charge is 0.346 e. The van der Waals surface area contributed by atoms with Crippen molar-refractivity contribution in [1.82, 2.24) is 5.32 Å². The van der Waals surface area contributed by atoms with E-state index in [1.807, 2.05) is 0 Å². The Balaban J connectivity index is 1.60. The van der Waals surface area contributed by atoms with E-state index in [2.05, 4.69) is 10.6 Å². The Hall–Kier alpha value is -4.07. The van der Waals surface area contributed by atoms with Gasteiger partial charge in [-0.2, -0.15) is 0 Å². The minimum absolute atomic E-state index is 0.0853. The third-order valence-corrected chi connectivity index (χ3v) is 4.46. The van der Waals surface area contributed by atoms with Crippen LogP contribution in [0.1, 0.15) is 39.2 Å². The summed E-state index contributed by atoms with van der Waals surface area (Å²) in [5, 5.41) is 16.2. The molecule has 1 unspecified atom stereocenters. The number of rotatable bonds is 6. The number of carbonyl (C=O) groups excluding carboxylic acids is 2. The number of nitro groups is 1. The van der Waals surface area contributed by atoms with Crippen LogP contribution in [0.2, 0.25) is 0 Å². The highest BCUT2D eigenvalue weighted by Gasteiger charge is 2.14. The van der Waals surface area contributed by atoms with Gasteiger partial charge >= 0.3 is 0 Å². The summed E-state index contributed by atoms with van der Waals surface area (Å²) in [5.41, 5.74) is 1.93. The lowest BCUT2D eigenvalue weighted by Gasteiger charge is -2.15. The summed E-state index contributed by atoms with van der Waals surface area (Å²) in [4.78, 5) is 34.7. The van der Waals surface area contributed by atoms with Crippen molar-refractivity contribution in [2.24, 2.45) is 0 Å². The fraction of sp³-hybridized carbons (Fsp3) is 0.0909. The average Bonchev–Trinajstić information content (AvgIpc) is 2.74. The van der Waals surface area contributed by atoms with Gasteiger partial charge in [0.1, 0.15) is 5.82 Å². The second-order valence-corrected chi connectivity index (χ2v) is 6.58. The molecule has 8 heteroatoms. The van der Waals surface area contributed by atoms with E-state index in [9.17, 15) is 24.1 Å². The average molecular weight is 407 g/mol. The Labute approximate surface area is 171 Å². The smallest absolute Gasteiger partial charge is 0.269 e. The first-order valence-electron chi connectivity index (χ1n) is 9.05. The molecule has 0 aromatic heterocycles. The van der Waals surface area contributed by atoms with Gasteiger partial charge in [0, 0.05) is 28.9 Å². The molecule has 3 aromatic rings. The van der Waals surface area contributed by atoms with Crippen LogP contribution in [0.5, 0.6) is 0 Å². The standard InChI is InChI=1S/C22H18FN3O4/c1-14(24-21(27)17-6-12-20(13-7-17)26(29)30)15-4-10-19(11-5-15)25-22(28)16-2-8-18(23)9-3-16/h2-14H,1H3,(H,24,27)(H,25,28). The van der Waals surface area contributed by atoms with Crippen molar-refractivity contribution in [3.8, 4) is 0 Å². The SMILES string of the molecule is CC(NC(=O)c1ccc([N+](=O)[O-])cc1)c1ccc(NC(=O)c2ccc(F)cc2)cc1. The molecule has 0 radical (unpaired) electrons. The van der Waals surface area contributed by atoms with Crippen LogP contribution >= 0.6 is 0 Å². The Morgan fingerprint density at radius 3 is 1.97 bits per heavy atom. The molecule has 0 aliphatic carbocycles. The quantitative estimate of drug-likeness (QED) is 0.465. The van der Waals surface area contributed by atoms with Crippen LogP contribution in [0.15, 0.2) is 72.8 Å². The number of nitro benzene ring substituents is 1. The molecule has 3 aromatic carbocycles. The zero-order chi connectivity index (χ0) is 21.7. The van der Waals surface area contributed by atoms with Crippen LogP contribution < -0.4 is 10.6 Å². The zero-order valence-corrected chi connectivity index (χ0v) is 16.0. The first-order valence-corrected chi connectivity index (χ1v) is 9.05. The van der Waals surface area contributed by atoms with Gasteiger partial charge in [-0.15, -0.1) is 0 Å². The van der Waals surface area contributed by atoms with Crippen LogP contribution in [0.25, 0.3) is 0 Å². The van der Waals surface area contributed by atoms with Crippen molar-refractivity contribution in [2.45, 2.75) is 13.0 Å². The van der Waals surface area contributed by atoms with Crippen LogP contribution in [-0.2, 0) is 0 Å². The highest BCUT2D eigenvalue weighted by atomic mass is 19.1. The molecule has 7 nitrogen and oxygen atoms in total. The van der Waals surface area contributed by atoms with E-state index in [-0.39, 0.29) is 23.5 Å². The molecular formula is C22H18FN3O4. The molecule has 1 atom stereocenters. The van der Waals surface area contributed by atoms with Crippen molar-refractivity contribution in [3.63, 3.8) is 0 Å². The number of hydrogen-bond donors (Lipinski definition) is 2. The number of hydrogen-bond acceptors (Lipinski definition) is 4. The van der Waals surface area contributed by atoms with Gasteiger partial charge in [0.2, 0.25) is 0 Å². The first kappa shape index (κ1) is 20.7. The summed E-state index contributed by atoms with van der Waals surface area (Å²) < 4.78 is 13.0. The number of carbonyl (C=O) groups is 2. The number of non-ortho nitro benzene ring substituents is 1. The molecule has 0 saturated heterocycles. The zero-order valence-electron chi connectivity index (χ0n) is 16.0. The monoisotopic (exact) mass is 407 g/mol. The van der Waals surface area contributed by atoms with Gasteiger partial charge < -0.3 is 10.6 Å². The van der Waals surface area contributed by atoms with Crippen LogP contribution in [0, 0.1) is 15.9 Å². The lowest BCUT2D eigenvalue weighted by atomic mass is 10.1. The van der Waals surface area contributed by atoms with Crippen molar-refractivity contribution in [1.29, 1.82) is 0 Å². The van der Waals surface area contributed by atoms with Crippen molar-refractivity contribution < 1.29 is 18.9 Å². The van der Waals surface area contributed by atoms with Crippen LogP contribution in [-0.4, -0.2) is 16.7 Å². The second-order valence-electron chi connectivity index (χ2n) is 6.58. The van der Waals surface area contributed by atoms with Gasteiger partial charge in [-0.3, -0.25) is 19.7 Å². The van der Waals surface area contributed by atoms with Gasteiger partial charge in [0.05, 0.1) is 11.0 Å². The maximum Gasteiger partial charge on any atom is 0.269 e. The summed E-state index contributed by atoms with van der Waals surface area (Å²) in [5.74, 6) is -1.13. The molecule has 0 aliphatic heterocycles. The topological polar surface area (TPSA) is 101 Å². The Morgan fingerprint density at radius 1 is 0.867 bits per heavy atom. The fourth-order valence-electron chi connectivity index (χ4n) is 2.76. The Bertz CT molecular complexity index is 1070. The highest BCUT2D eigenvalue weighted by molar-refractivity contribution is 6.04. The van der Waals surface area contributed by atoms with E-state index in [0.29, 0.717) is 16.8 Å². The Kier molecular flexibility index (Phi) is 6.17. The van der Waals surface area contributed by atoms with Gasteiger partial charge in [0.25, 0.3) is 17.5 Å². The van der Waals surface area contributed by atoms with Gasteiger partial charge in [-0.1, -0.05) is 12.1 Å². The summed E-state index contributed by atoms with van der Waals surface area (Å²) in [6.07, 6.45) is 0. The predicted molar refractivity (Wildman–Crippen MR) is 110 cm³/mol. The summed E-state index contributed by atoms with van der Waals surface area (Å²) in [6.45, 7) is 1.80. The third kappa shape index (κ3) is 5.05. The lowest BCUT2D eigenvalue weighted by Crippen LogP contribution is -2.26. The van der Waals surface area contributed by atoms with E-state index >= 15 is 0 Å². The van der Waals surface area contributed by atoms with E-state index in [4.69, 9.17) is 0 Å². The van der Waals surface area contributed by atoms with Crippen molar-refractivity contribution in [2.75, 3.05) is 5.32 Å². The van der Waals surface area contributed by atoms with Crippen molar-refractivity contribution >= 4 is 23.2 Å². The molecule has 0 spiro atoms. The lowest BCUT2D eigenvalue weighted by molar-refractivity contribution is -0.384. The minimum Gasteiger partial charge on any atom is -0.346 e. The van der Waals surface area contributed by atoms with Gasteiger partial charge in [-0.05, 0) is 61.0 Å². The van der Waals surface area contributed by atoms with Crippen LogP contribution in [0.4, 0.5) is 15.8 Å². The molecule has 0 aliphatic rings. The molecule has 30 heavy (non-hydrogen) atoms. The molecule has 2 amide bonds. The summed E-state index contributed by atoms with van der Waals surface area (Å²) in [7, 11) is 0. The van der Waals surface area contributed by atoms with Gasteiger partial charge in [0.15, 0.2) is 0 Å². The molecule has 0 bridgehead atoms. The van der Waals surface area contributed by atoms with Crippen molar-refractivity contribution in [3.05, 3.63) is 105 Å². The summed E-state index contributed by atoms with van der Waals surface area (Å²) in [6, 6.07) is 17.2. The fourth-order valence-corrected chi connectivity index (χ4v) is 2.76. The number of amides is 2. The number of nitrogens with zero attached hydrogens (tertiary/aromatic N) is 1. The minimum atomic E-state index is -0.527. The molecule has 3 rings (SSSR count). The number of halogens is 1. The second kappa shape index (κ2) is 8.95. The van der Waals surface area contributed by atoms with E-state index < -0.39 is 10.7 Å². The Morgan fingerprint density at radius 2 is 1.40 bits per heavy atom. The van der Waals surface area contributed by atoms with Gasteiger partial charge in [-0.25, -0.2) is 4.39 Å². The van der Waals surface area contributed by atoms with E-state index in [0.717, 1.165) is 5.56 Å². The molecule has 2 N–H and O–H groups in total. The maximum atomic E-state index is 13.0. The molecule has 152 valence electrons. The number of anilines is 1. The molecule has 0 saturated carbocycles. The maximum absolute atomic E-state index is 13.0. The first-order chi connectivity index (χ1) is 14.3. The number of nitrogens with one attached hydrogen (secondary N) is 2. The molecule has 0 heterocycles. The molecular weight excluding hydrogens is 389 g/mol. The van der Waals surface area contributed by atoms with E-state index in [1.165, 1.54) is 48.5 Å². The third-order valence-electron chi connectivity index (χ3n) is 4.46.